The Bertz CT molecular complexity index is 1140. The van der Waals surface area contributed by atoms with Gasteiger partial charge in [-0.1, -0.05) is 12.1 Å². The number of alkyl halides is 3. The lowest BCUT2D eigenvalue weighted by atomic mass is 9.84. The first kappa shape index (κ1) is 27.4. The second-order valence-electron chi connectivity index (χ2n) is 10.0. The van der Waals surface area contributed by atoms with Crippen molar-refractivity contribution in [1.29, 1.82) is 0 Å². The van der Waals surface area contributed by atoms with E-state index in [1.54, 1.807) is 0 Å². The number of likely N-dealkylation sites (tertiary alicyclic amines) is 1. The fourth-order valence-corrected chi connectivity index (χ4v) is 7.43. The maximum absolute atomic E-state index is 13.3. The number of nitrogens with one attached hydrogen (secondary N) is 1. The molecule has 1 saturated carbocycles. The SMILES string of the molecule is NC(=O)[C@H]1C[C@H](S(=O)(=O)N2CCC[C@H](C(=O)N3CCC[C@@H]3C(=O)NCc3ccc(C(F)(F)F)cc3)C2)C1. The van der Waals surface area contributed by atoms with Crippen molar-refractivity contribution in [3.63, 3.8) is 0 Å². The molecule has 2 aliphatic heterocycles. The monoisotopic (exact) mass is 544 g/mol. The molecule has 1 aromatic carbocycles. The quantitative estimate of drug-likeness (QED) is 0.539. The summed E-state index contributed by atoms with van der Waals surface area (Å²) >= 11 is 0. The molecule has 0 aromatic heterocycles. The molecule has 4 rings (SSSR count). The van der Waals surface area contributed by atoms with Crippen molar-refractivity contribution >= 4 is 27.7 Å². The normalized spacial score (nSPS) is 26.9. The first-order valence-electron chi connectivity index (χ1n) is 12.4. The second kappa shape index (κ2) is 10.6. The lowest BCUT2D eigenvalue weighted by Crippen LogP contribution is -2.54. The molecule has 3 aliphatic rings. The van der Waals surface area contributed by atoms with Crippen LogP contribution in [0.3, 0.4) is 0 Å². The van der Waals surface area contributed by atoms with Gasteiger partial charge in [-0.2, -0.15) is 13.2 Å². The highest BCUT2D eigenvalue weighted by atomic mass is 32.2. The molecular formula is C24H31F3N4O5S. The van der Waals surface area contributed by atoms with Crippen LogP contribution in [0.25, 0.3) is 0 Å². The number of benzene rings is 1. The zero-order chi connectivity index (χ0) is 27.0. The second-order valence-corrected chi connectivity index (χ2v) is 12.2. The molecule has 0 unspecified atom stereocenters. The highest BCUT2D eigenvalue weighted by Crippen LogP contribution is 2.36. The number of sulfonamides is 1. The molecule has 37 heavy (non-hydrogen) atoms. The van der Waals surface area contributed by atoms with E-state index in [2.05, 4.69) is 5.32 Å². The molecule has 3 N–H and O–H groups in total. The third-order valence-electron chi connectivity index (χ3n) is 7.60. The van der Waals surface area contributed by atoms with E-state index >= 15 is 0 Å². The van der Waals surface area contributed by atoms with Crippen molar-refractivity contribution < 1.29 is 36.0 Å². The minimum atomic E-state index is -4.44. The van der Waals surface area contributed by atoms with Crippen LogP contribution in [-0.4, -0.2) is 66.3 Å². The summed E-state index contributed by atoms with van der Waals surface area (Å²) in [6.45, 7) is 0.748. The van der Waals surface area contributed by atoms with E-state index < -0.39 is 56.7 Å². The average Bonchev–Trinajstić information content (AvgIpc) is 3.30. The number of carbonyl (C=O) groups is 3. The van der Waals surface area contributed by atoms with Crippen molar-refractivity contribution in [2.45, 2.75) is 62.5 Å². The van der Waals surface area contributed by atoms with Gasteiger partial charge in [-0.25, -0.2) is 12.7 Å². The number of rotatable bonds is 7. The molecule has 204 valence electrons. The Labute approximate surface area is 213 Å². The van der Waals surface area contributed by atoms with E-state index in [0.29, 0.717) is 44.3 Å². The molecule has 1 aromatic rings. The van der Waals surface area contributed by atoms with Crippen LogP contribution in [0.5, 0.6) is 0 Å². The molecule has 0 spiro atoms. The smallest absolute Gasteiger partial charge is 0.369 e. The third-order valence-corrected chi connectivity index (χ3v) is 9.88. The van der Waals surface area contributed by atoms with E-state index in [1.807, 2.05) is 0 Å². The summed E-state index contributed by atoms with van der Waals surface area (Å²) in [4.78, 5) is 39.0. The predicted molar refractivity (Wildman–Crippen MR) is 127 cm³/mol. The van der Waals surface area contributed by atoms with Gasteiger partial charge in [-0.05, 0) is 56.2 Å². The lowest BCUT2D eigenvalue weighted by molar-refractivity contribution is -0.142. The topological polar surface area (TPSA) is 130 Å². The molecule has 2 atom stereocenters. The van der Waals surface area contributed by atoms with Crippen molar-refractivity contribution in [3.8, 4) is 0 Å². The summed E-state index contributed by atoms with van der Waals surface area (Å²) in [6, 6.07) is 3.79. The van der Waals surface area contributed by atoms with Crippen LogP contribution in [-0.2, 0) is 37.1 Å². The molecule has 9 nitrogen and oxygen atoms in total. The van der Waals surface area contributed by atoms with Gasteiger partial charge < -0.3 is 16.0 Å². The van der Waals surface area contributed by atoms with E-state index in [-0.39, 0.29) is 31.8 Å². The van der Waals surface area contributed by atoms with E-state index in [4.69, 9.17) is 5.73 Å². The predicted octanol–water partition coefficient (Wildman–Crippen LogP) is 1.62. The van der Waals surface area contributed by atoms with Gasteiger partial charge in [-0.3, -0.25) is 14.4 Å². The summed E-state index contributed by atoms with van der Waals surface area (Å²) < 4.78 is 65.6. The fourth-order valence-electron chi connectivity index (χ4n) is 5.28. The van der Waals surface area contributed by atoms with Crippen LogP contribution in [0.15, 0.2) is 24.3 Å². The number of nitrogens with zero attached hydrogens (tertiary/aromatic N) is 2. The zero-order valence-electron chi connectivity index (χ0n) is 20.2. The molecule has 0 bridgehead atoms. The zero-order valence-corrected chi connectivity index (χ0v) is 21.1. The highest BCUT2D eigenvalue weighted by Gasteiger charge is 2.46. The first-order chi connectivity index (χ1) is 17.4. The molecule has 0 radical (unpaired) electrons. The van der Waals surface area contributed by atoms with E-state index in [1.165, 1.54) is 21.3 Å². The Morgan fingerprint density at radius 2 is 1.65 bits per heavy atom. The fraction of sp³-hybridized carbons (Fsp3) is 0.625. The van der Waals surface area contributed by atoms with Gasteiger partial charge in [0.15, 0.2) is 0 Å². The highest BCUT2D eigenvalue weighted by molar-refractivity contribution is 7.89. The summed E-state index contributed by atoms with van der Waals surface area (Å²) in [5, 5.41) is 2.03. The summed E-state index contributed by atoms with van der Waals surface area (Å²) in [5.41, 5.74) is 4.98. The summed E-state index contributed by atoms with van der Waals surface area (Å²) in [6.07, 6.45) is -1.95. The van der Waals surface area contributed by atoms with Crippen molar-refractivity contribution in [2.24, 2.45) is 17.6 Å². The first-order valence-corrected chi connectivity index (χ1v) is 13.9. The Morgan fingerprint density at radius 3 is 2.27 bits per heavy atom. The maximum Gasteiger partial charge on any atom is 0.416 e. The molecule has 3 fully saturated rings. The number of hydrogen-bond donors (Lipinski definition) is 2. The van der Waals surface area contributed by atoms with Crippen LogP contribution in [0.2, 0.25) is 0 Å². The number of halogens is 3. The molecule has 2 heterocycles. The molecular weight excluding hydrogens is 513 g/mol. The minimum Gasteiger partial charge on any atom is -0.369 e. The van der Waals surface area contributed by atoms with Crippen molar-refractivity contribution in [2.75, 3.05) is 19.6 Å². The van der Waals surface area contributed by atoms with Crippen LogP contribution in [0.4, 0.5) is 13.2 Å². The van der Waals surface area contributed by atoms with Gasteiger partial charge in [0, 0.05) is 32.1 Å². The van der Waals surface area contributed by atoms with E-state index in [0.717, 1.165) is 12.1 Å². The number of hydrogen-bond acceptors (Lipinski definition) is 5. The van der Waals surface area contributed by atoms with Crippen LogP contribution in [0.1, 0.15) is 49.7 Å². The largest absolute Gasteiger partial charge is 0.416 e. The van der Waals surface area contributed by atoms with Crippen LogP contribution in [0, 0.1) is 11.8 Å². The molecule has 13 heteroatoms. The third kappa shape index (κ3) is 5.92. The van der Waals surface area contributed by atoms with Crippen LogP contribution < -0.4 is 11.1 Å². The van der Waals surface area contributed by atoms with Gasteiger partial charge in [0.25, 0.3) is 0 Å². The molecule has 1 aliphatic carbocycles. The van der Waals surface area contributed by atoms with Gasteiger partial charge in [-0.15, -0.1) is 0 Å². The number of piperidine rings is 1. The Hall–Kier alpha value is -2.67. The number of carbonyl (C=O) groups excluding carboxylic acids is 3. The summed E-state index contributed by atoms with van der Waals surface area (Å²) in [7, 11) is -3.66. The molecule has 2 saturated heterocycles. The van der Waals surface area contributed by atoms with E-state index in [9.17, 15) is 36.0 Å². The van der Waals surface area contributed by atoms with Crippen molar-refractivity contribution in [1.82, 2.24) is 14.5 Å². The number of amides is 3. The van der Waals surface area contributed by atoms with Crippen LogP contribution >= 0.6 is 0 Å². The van der Waals surface area contributed by atoms with Gasteiger partial charge in [0.2, 0.25) is 27.7 Å². The Kier molecular flexibility index (Phi) is 7.84. The van der Waals surface area contributed by atoms with Gasteiger partial charge in [0.05, 0.1) is 16.7 Å². The average molecular weight is 545 g/mol. The number of nitrogens with two attached hydrogens (primary N) is 1. The number of primary amides is 1. The lowest BCUT2D eigenvalue weighted by Gasteiger charge is -2.40. The molecule has 3 amide bonds. The maximum atomic E-state index is 13.3. The minimum absolute atomic E-state index is 0.0264. The summed E-state index contributed by atoms with van der Waals surface area (Å²) in [5.74, 6) is -2.17. The Morgan fingerprint density at radius 1 is 1.00 bits per heavy atom. The van der Waals surface area contributed by atoms with Crippen molar-refractivity contribution in [3.05, 3.63) is 35.4 Å². The Balaban J connectivity index is 1.33. The van der Waals surface area contributed by atoms with Gasteiger partial charge in [0.1, 0.15) is 6.04 Å². The standard InChI is InChI=1S/C24H31F3N4O5S/c25-24(26,27)18-7-5-15(6-8-18)13-29-22(33)20-4-2-10-31(20)23(34)16-3-1-9-30(14-16)37(35,36)19-11-17(12-19)21(28)32/h5-8,16-17,19-20H,1-4,9-14H2,(H2,28,32)(H,29,33)/t16-,17-,19-,20+/m0/s1. The van der Waals surface area contributed by atoms with Gasteiger partial charge >= 0.3 is 6.18 Å².